The molecule has 2 rings (SSSR count). The average Bonchev–Trinajstić information content (AvgIpc) is 2.69. The molecule has 0 radical (unpaired) electrons. The van der Waals surface area contributed by atoms with Gasteiger partial charge in [-0.1, -0.05) is 26.7 Å². The van der Waals surface area contributed by atoms with Crippen molar-refractivity contribution in [1.82, 2.24) is 9.55 Å². The minimum atomic E-state index is -0.988. The monoisotopic (exact) mass is 276 g/mol. The normalized spacial score (nSPS) is 11.3. The van der Waals surface area contributed by atoms with Crippen molar-refractivity contribution in [3.63, 3.8) is 0 Å². The van der Waals surface area contributed by atoms with Crippen LogP contribution in [0.15, 0.2) is 23.0 Å². The second kappa shape index (κ2) is 5.94. The van der Waals surface area contributed by atoms with Crippen molar-refractivity contribution in [2.24, 2.45) is 5.92 Å². The molecule has 108 valence electrons. The van der Waals surface area contributed by atoms with Crippen LogP contribution in [-0.2, 0) is 6.54 Å². The van der Waals surface area contributed by atoms with E-state index >= 15 is 0 Å². The summed E-state index contributed by atoms with van der Waals surface area (Å²) in [6, 6.07) is 4.73. The highest BCUT2D eigenvalue weighted by Crippen LogP contribution is 2.14. The van der Waals surface area contributed by atoms with Crippen LogP contribution in [0.3, 0.4) is 0 Å². The highest BCUT2D eigenvalue weighted by Gasteiger charge is 2.09. The Hall–Kier alpha value is -2.04. The molecule has 0 aliphatic rings. The maximum Gasteiger partial charge on any atom is 0.335 e. The fourth-order valence-corrected chi connectivity index (χ4v) is 2.34. The van der Waals surface area contributed by atoms with Gasteiger partial charge in [0, 0.05) is 6.54 Å². The molecular weight excluding hydrogens is 256 g/mol. The van der Waals surface area contributed by atoms with E-state index in [2.05, 4.69) is 18.8 Å². The maximum absolute atomic E-state index is 11.9. The number of carbonyl (C=O) groups is 1. The number of fused-ring (bicyclic) bond motifs is 1. The highest BCUT2D eigenvalue weighted by molar-refractivity contribution is 5.92. The summed E-state index contributed by atoms with van der Waals surface area (Å²) in [5.74, 6) is -0.315. The lowest BCUT2D eigenvalue weighted by Crippen LogP contribution is -2.16. The molecule has 0 bridgehead atoms. The smallest absolute Gasteiger partial charge is 0.335 e. The molecule has 0 saturated heterocycles. The van der Waals surface area contributed by atoms with E-state index in [4.69, 9.17) is 5.11 Å². The maximum atomic E-state index is 11.9. The Morgan fingerprint density at radius 3 is 2.75 bits per heavy atom. The lowest BCUT2D eigenvalue weighted by molar-refractivity contribution is 0.0697. The molecule has 1 aromatic carbocycles. The van der Waals surface area contributed by atoms with Crippen molar-refractivity contribution >= 4 is 17.0 Å². The zero-order chi connectivity index (χ0) is 14.7. The predicted molar refractivity (Wildman–Crippen MR) is 78.2 cm³/mol. The first-order valence-corrected chi connectivity index (χ1v) is 6.95. The van der Waals surface area contributed by atoms with Gasteiger partial charge < -0.3 is 10.1 Å². The number of H-pyrrole nitrogens is 1. The predicted octanol–water partition coefficient (Wildman–Crippen LogP) is 2.85. The molecule has 0 aliphatic heterocycles. The summed E-state index contributed by atoms with van der Waals surface area (Å²) in [6.07, 6.45) is 3.19. The van der Waals surface area contributed by atoms with Crippen LogP contribution < -0.4 is 5.69 Å². The lowest BCUT2D eigenvalue weighted by Gasteiger charge is -2.05. The summed E-state index contributed by atoms with van der Waals surface area (Å²) >= 11 is 0. The van der Waals surface area contributed by atoms with Gasteiger partial charge in [0.2, 0.25) is 0 Å². The molecule has 20 heavy (non-hydrogen) atoms. The number of aromatic carboxylic acids is 1. The number of rotatable bonds is 6. The van der Waals surface area contributed by atoms with Crippen LogP contribution in [0.4, 0.5) is 0 Å². The first-order chi connectivity index (χ1) is 9.49. The number of hydrogen-bond acceptors (Lipinski definition) is 2. The molecule has 0 saturated carbocycles. The van der Waals surface area contributed by atoms with Crippen LogP contribution in [-0.4, -0.2) is 20.6 Å². The number of imidazole rings is 1. The standard InChI is InChI=1S/C15H20N2O3/c1-10(2)5-3-4-8-17-13-7-6-11(14(18)19)9-12(13)16-15(17)20/h6-7,9-10H,3-5,8H2,1-2H3,(H,16,20)(H,18,19). The van der Waals surface area contributed by atoms with Gasteiger partial charge in [-0.3, -0.25) is 4.57 Å². The number of aromatic nitrogens is 2. The third kappa shape index (κ3) is 3.10. The summed E-state index contributed by atoms with van der Waals surface area (Å²) in [5, 5.41) is 8.95. The number of nitrogens with one attached hydrogen (secondary N) is 1. The van der Waals surface area contributed by atoms with Gasteiger partial charge in [0.1, 0.15) is 0 Å². The first kappa shape index (κ1) is 14.4. The van der Waals surface area contributed by atoms with Crippen molar-refractivity contribution in [3.8, 4) is 0 Å². The highest BCUT2D eigenvalue weighted by atomic mass is 16.4. The van der Waals surface area contributed by atoms with Gasteiger partial charge in [-0.25, -0.2) is 9.59 Å². The van der Waals surface area contributed by atoms with E-state index < -0.39 is 5.97 Å². The minimum Gasteiger partial charge on any atom is -0.478 e. The van der Waals surface area contributed by atoms with Crippen molar-refractivity contribution in [1.29, 1.82) is 0 Å². The number of benzene rings is 1. The molecule has 0 spiro atoms. The van der Waals surface area contributed by atoms with Crippen molar-refractivity contribution in [3.05, 3.63) is 34.2 Å². The first-order valence-electron chi connectivity index (χ1n) is 6.95. The van der Waals surface area contributed by atoms with Crippen LogP contribution >= 0.6 is 0 Å². The molecule has 0 fully saturated rings. The summed E-state index contributed by atoms with van der Waals surface area (Å²) in [5.41, 5.74) is 1.36. The van der Waals surface area contributed by atoms with Gasteiger partial charge in [0.25, 0.3) is 0 Å². The minimum absolute atomic E-state index is 0.174. The molecule has 2 aromatic rings. The van der Waals surface area contributed by atoms with Gasteiger partial charge >= 0.3 is 11.7 Å². The number of nitrogens with zero attached hydrogens (tertiary/aromatic N) is 1. The number of aromatic amines is 1. The van der Waals surface area contributed by atoms with Crippen molar-refractivity contribution < 1.29 is 9.90 Å². The van der Waals surface area contributed by atoms with Gasteiger partial charge in [-0.15, -0.1) is 0 Å². The Kier molecular flexibility index (Phi) is 4.27. The van der Waals surface area contributed by atoms with E-state index in [0.717, 1.165) is 24.8 Å². The van der Waals surface area contributed by atoms with E-state index in [-0.39, 0.29) is 11.3 Å². The zero-order valence-electron chi connectivity index (χ0n) is 11.8. The molecule has 5 nitrogen and oxygen atoms in total. The molecule has 1 heterocycles. The van der Waals surface area contributed by atoms with E-state index in [1.54, 1.807) is 10.6 Å². The van der Waals surface area contributed by atoms with Gasteiger partial charge in [0.15, 0.2) is 0 Å². The Morgan fingerprint density at radius 2 is 2.10 bits per heavy atom. The van der Waals surface area contributed by atoms with Crippen molar-refractivity contribution in [2.45, 2.75) is 39.7 Å². The van der Waals surface area contributed by atoms with E-state index in [1.165, 1.54) is 12.1 Å². The molecule has 5 heteroatoms. The number of unbranched alkanes of at least 4 members (excludes halogenated alkanes) is 1. The molecular formula is C15H20N2O3. The molecule has 1 aromatic heterocycles. The number of aryl methyl sites for hydroxylation is 1. The number of carboxylic acid groups (broad SMARTS) is 1. The Morgan fingerprint density at radius 1 is 1.35 bits per heavy atom. The van der Waals surface area contributed by atoms with E-state index in [0.29, 0.717) is 18.0 Å². The molecule has 0 unspecified atom stereocenters. The zero-order valence-corrected chi connectivity index (χ0v) is 11.8. The molecule has 0 atom stereocenters. The van der Waals surface area contributed by atoms with Crippen LogP contribution in [0.5, 0.6) is 0 Å². The van der Waals surface area contributed by atoms with Crippen LogP contribution in [0.2, 0.25) is 0 Å². The lowest BCUT2D eigenvalue weighted by atomic mass is 10.1. The number of carboxylic acids is 1. The second-order valence-corrected chi connectivity index (χ2v) is 5.51. The number of hydrogen-bond donors (Lipinski definition) is 2. The fraction of sp³-hybridized carbons (Fsp3) is 0.467. The van der Waals surface area contributed by atoms with E-state index in [9.17, 15) is 9.59 Å². The largest absolute Gasteiger partial charge is 0.478 e. The quantitative estimate of drug-likeness (QED) is 0.797. The molecule has 0 amide bonds. The molecule has 0 aliphatic carbocycles. The Bertz CT molecular complexity index is 667. The van der Waals surface area contributed by atoms with Crippen LogP contribution in [0.25, 0.3) is 11.0 Å². The third-order valence-electron chi connectivity index (χ3n) is 3.43. The van der Waals surface area contributed by atoms with Gasteiger partial charge in [-0.05, 0) is 30.5 Å². The summed E-state index contributed by atoms with van der Waals surface area (Å²) in [6.45, 7) is 5.04. The van der Waals surface area contributed by atoms with E-state index in [1.807, 2.05) is 0 Å². The molecule has 2 N–H and O–H groups in total. The van der Waals surface area contributed by atoms with Crippen LogP contribution in [0, 0.1) is 5.92 Å². The summed E-state index contributed by atoms with van der Waals surface area (Å²) in [7, 11) is 0. The summed E-state index contributed by atoms with van der Waals surface area (Å²) < 4.78 is 1.68. The average molecular weight is 276 g/mol. The topological polar surface area (TPSA) is 75.1 Å². The Balaban J connectivity index is 2.19. The fourth-order valence-electron chi connectivity index (χ4n) is 2.34. The van der Waals surface area contributed by atoms with Gasteiger partial charge in [-0.2, -0.15) is 0 Å². The van der Waals surface area contributed by atoms with Crippen molar-refractivity contribution in [2.75, 3.05) is 0 Å². The SMILES string of the molecule is CC(C)CCCCn1c(=O)[nH]c2cc(C(=O)O)ccc21. The summed E-state index contributed by atoms with van der Waals surface area (Å²) in [4.78, 5) is 25.5. The second-order valence-electron chi connectivity index (χ2n) is 5.51. The Labute approximate surface area is 117 Å². The van der Waals surface area contributed by atoms with Gasteiger partial charge in [0.05, 0.1) is 16.6 Å². The van der Waals surface area contributed by atoms with Crippen LogP contribution in [0.1, 0.15) is 43.5 Å². The third-order valence-corrected chi connectivity index (χ3v) is 3.43.